The minimum atomic E-state index is -0.246. The molecule has 2 aromatic rings. The summed E-state index contributed by atoms with van der Waals surface area (Å²) in [5, 5.41) is 0. The van der Waals surface area contributed by atoms with E-state index in [0.29, 0.717) is 6.61 Å². The van der Waals surface area contributed by atoms with Crippen LogP contribution in [-0.2, 0) is 11.3 Å². The lowest BCUT2D eigenvalue weighted by atomic mass is 9.98. The summed E-state index contributed by atoms with van der Waals surface area (Å²) in [5.74, 6) is 0. The molecule has 2 heterocycles. The van der Waals surface area contributed by atoms with Crippen molar-refractivity contribution in [3.05, 3.63) is 60.1 Å². The molecule has 4 heteroatoms. The molecule has 1 amide bonds. The first-order valence-corrected chi connectivity index (χ1v) is 7.34. The molecule has 0 radical (unpaired) electrons. The SMILES string of the molecule is O=C(OCc1ccccc1)N1CCCC[C@H]1c1ccoc1. The summed E-state index contributed by atoms with van der Waals surface area (Å²) in [6, 6.07) is 11.7. The maximum atomic E-state index is 12.4. The van der Waals surface area contributed by atoms with Gasteiger partial charge in [0, 0.05) is 12.1 Å². The molecule has 1 saturated heterocycles. The first-order chi connectivity index (χ1) is 10.3. The molecule has 4 nitrogen and oxygen atoms in total. The summed E-state index contributed by atoms with van der Waals surface area (Å²) < 4.78 is 10.6. The Morgan fingerprint density at radius 1 is 1.24 bits per heavy atom. The van der Waals surface area contributed by atoms with Crippen LogP contribution in [0.25, 0.3) is 0 Å². The topological polar surface area (TPSA) is 42.7 Å². The van der Waals surface area contributed by atoms with Crippen molar-refractivity contribution in [2.45, 2.75) is 31.9 Å². The van der Waals surface area contributed by atoms with Gasteiger partial charge in [-0.25, -0.2) is 4.79 Å². The van der Waals surface area contributed by atoms with Crippen molar-refractivity contribution in [1.82, 2.24) is 4.90 Å². The fraction of sp³-hybridized carbons (Fsp3) is 0.353. The summed E-state index contributed by atoms with van der Waals surface area (Å²) in [7, 11) is 0. The van der Waals surface area contributed by atoms with Gasteiger partial charge in [-0.3, -0.25) is 0 Å². The summed E-state index contributed by atoms with van der Waals surface area (Å²) in [6.45, 7) is 1.05. The Bertz CT molecular complexity index is 565. The molecule has 3 rings (SSSR count). The highest BCUT2D eigenvalue weighted by Gasteiger charge is 2.29. The second-order valence-corrected chi connectivity index (χ2v) is 5.30. The number of piperidine rings is 1. The van der Waals surface area contributed by atoms with Crippen LogP contribution in [0.2, 0.25) is 0 Å². The minimum Gasteiger partial charge on any atom is -0.472 e. The molecule has 1 aliphatic heterocycles. The lowest BCUT2D eigenvalue weighted by Gasteiger charge is -2.34. The fourth-order valence-corrected chi connectivity index (χ4v) is 2.76. The number of rotatable bonds is 3. The molecule has 110 valence electrons. The molecule has 1 atom stereocenters. The number of ether oxygens (including phenoxy) is 1. The number of nitrogens with zero attached hydrogens (tertiary/aromatic N) is 1. The van der Waals surface area contributed by atoms with Gasteiger partial charge in [-0.05, 0) is 30.9 Å². The number of likely N-dealkylation sites (tertiary alicyclic amines) is 1. The highest BCUT2D eigenvalue weighted by Crippen LogP contribution is 2.31. The number of hydrogen-bond donors (Lipinski definition) is 0. The molecule has 0 spiro atoms. The first kappa shape index (κ1) is 13.7. The zero-order valence-electron chi connectivity index (χ0n) is 11.9. The molecule has 0 aliphatic carbocycles. The molecule has 0 unspecified atom stereocenters. The van der Waals surface area contributed by atoms with E-state index in [9.17, 15) is 4.79 Å². The Hall–Kier alpha value is -2.23. The molecule has 0 saturated carbocycles. The van der Waals surface area contributed by atoms with Gasteiger partial charge in [0.2, 0.25) is 0 Å². The van der Waals surface area contributed by atoms with Crippen molar-refractivity contribution in [3.63, 3.8) is 0 Å². The van der Waals surface area contributed by atoms with Gasteiger partial charge in [-0.2, -0.15) is 0 Å². The van der Waals surface area contributed by atoms with Gasteiger partial charge in [-0.15, -0.1) is 0 Å². The minimum absolute atomic E-state index is 0.0702. The Balaban J connectivity index is 1.64. The van der Waals surface area contributed by atoms with Crippen LogP contribution in [0.3, 0.4) is 0 Å². The normalized spacial score (nSPS) is 18.5. The number of amides is 1. The van der Waals surface area contributed by atoms with Crippen molar-refractivity contribution in [2.75, 3.05) is 6.54 Å². The third-order valence-corrected chi connectivity index (χ3v) is 3.87. The number of hydrogen-bond acceptors (Lipinski definition) is 3. The maximum absolute atomic E-state index is 12.4. The molecule has 0 N–H and O–H groups in total. The molecule has 1 fully saturated rings. The largest absolute Gasteiger partial charge is 0.472 e. The Morgan fingerprint density at radius 3 is 2.86 bits per heavy atom. The fourth-order valence-electron chi connectivity index (χ4n) is 2.76. The Morgan fingerprint density at radius 2 is 2.10 bits per heavy atom. The lowest BCUT2D eigenvalue weighted by molar-refractivity contribution is 0.0678. The van der Waals surface area contributed by atoms with Crippen LogP contribution in [0.5, 0.6) is 0 Å². The van der Waals surface area contributed by atoms with Crippen LogP contribution in [0, 0.1) is 0 Å². The maximum Gasteiger partial charge on any atom is 0.410 e. The summed E-state index contributed by atoms with van der Waals surface area (Å²) in [4.78, 5) is 14.2. The van der Waals surface area contributed by atoms with Crippen LogP contribution in [0.1, 0.15) is 36.4 Å². The standard InChI is InChI=1S/C17H19NO3/c19-17(21-12-14-6-2-1-3-7-14)18-10-5-4-8-16(18)15-9-11-20-13-15/h1-3,6-7,9,11,13,16H,4-5,8,10,12H2/t16-/m0/s1. The van der Waals surface area contributed by atoms with Gasteiger partial charge < -0.3 is 14.1 Å². The zero-order chi connectivity index (χ0) is 14.5. The second kappa shape index (κ2) is 6.48. The number of benzene rings is 1. The van der Waals surface area contributed by atoms with E-state index in [1.54, 1.807) is 12.5 Å². The van der Waals surface area contributed by atoms with Gasteiger partial charge in [0.15, 0.2) is 0 Å². The third-order valence-electron chi connectivity index (χ3n) is 3.87. The summed E-state index contributed by atoms with van der Waals surface area (Å²) >= 11 is 0. The van der Waals surface area contributed by atoms with Crippen LogP contribution in [0.4, 0.5) is 4.79 Å². The molecule has 1 aliphatic rings. The van der Waals surface area contributed by atoms with E-state index in [4.69, 9.17) is 9.15 Å². The number of furan rings is 1. The monoisotopic (exact) mass is 285 g/mol. The molecule has 21 heavy (non-hydrogen) atoms. The van der Waals surface area contributed by atoms with Crippen molar-refractivity contribution in [2.24, 2.45) is 0 Å². The third kappa shape index (κ3) is 3.27. The van der Waals surface area contributed by atoms with E-state index in [2.05, 4.69) is 0 Å². The van der Waals surface area contributed by atoms with E-state index in [0.717, 1.165) is 36.9 Å². The number of carbonyl (C=O) groups is 1. The average molecular weight is 285 g/mol. The second-order valence-electron chi connectivity index (χ2n) is 5.30. The van der Waals surface area contributed by atoms with E-state index in [1.807, 2.05) is 41.3 Å². The Kier molecular flexibility index (Phi) is 4.24. The van der Waals surface area contributed by atoms with Gasteiger partial charge in [0.1, 0.15) is 6.61 Å². The lowest BCUT2D eigenvalue weighted by Crippen LogP contribution is -2.38. The zero-order valence-corrected chi connectivity index (χ0v) is 11.9. The van der Waals surface area contributed by atoms with Crippen LogP contribution in [0.15, 0.2) is 53.3 Å². The first-order valence-electron chi connectivity index (χ1n) is 7.34. The predicted octanol–water partition coefficient (Wildman–Crippen LogP) is 4.14. The summed E-state index contributed by atoms with van der Waals surface area (Å²) in [5.41, 5.74) is 2.05. The highest BCUT2D eigenvalue weighted by atomic mass is 16.6. The number of carbonyl (C=O) groups excluding carboxylic acids is 1. The van der Waals surface area contributed by atoms with Crippen molar-refractivity contribution in [1.29, 1.82) is 0 Å². The van der Waals surface area contributed by atoms with Crippen molar-refractivity contribution in [3.8, 4) is 0 Å². The average Bonchev–Trinajstić information content (AvgIpc) is 3.08. The quantitative estimate of drug-likeness (QED) is 0.851. The molecule has 1 aromatic carbocycles. The smallest absolute Gasteiger partial charge is 0.410 e. The van der Waals surface area contributed by atoms with E-state index in [-0.39, 0.29) is 12.1 Å². The molecular weight excluding hydrogens is 266 g/mol. The van der Waals surface area contributed by atoms with Crippen molar-refractivity contribution < 1.29 is 13.9 Å². The summed E-state index contributed by atoms with van der Waals surface area (Å²) in [6.07, 6.45) is 6.22. The molecular formula is C17H19NO3. The van der Waals surface area contributed by atoms with Crippen LogP contribution in [-0.4, -0.2) is 17.5 Å². The van der Waals surface area contributed by atoms with Gasteiger partial charge >= 0.3 is 6.09 Å². The van der Waals surface area contributed by atoms with Gasteiger partial charge in [0.05, 0.1) is 18.6 Å². The van der Waals surface area contributed by atoms with Crippen LogP contribution < -0.4 is 0 Å². The van der Waals surface area contributed by atoms with Gasteiger partial charge in [-0.1, -0.05) is 30.3 Å². The highest BCUT2D eigenvalue weighted by molar-refractivity contribution is 5.68. The Labute approximate surface area is 124 Å². The van der Waals surface area contributed by atoms with Crippen molar-refractivity contribution >= 4 is 6.09 Å². The molecule has 0 bridgehead atoms. The predicted molar refractivity (Wildman–Crippen MR) is 78.6 cm³/mol. The molecule has 1 aromatic heterocycles. The van der Waals surface area contributed by atoms with E-state index >= 15 is 0 Å². The van der Waals surface area contributed by atoms with Crippen LogP contribution >= 0.6 is 0 Å². The van der Waals surface area contributed by atoms with E-state index in [1.165, 1.54) is 0 Å². The van der Waals surface area contributed by atoms with Gasteiger partial charge in [0.25, 0.3) is 0 Å². The van der Waals surface area contributed by atoms with E-state index < -0.39 is 0 Å².